The van der Waals surface area contributed by atoms with Crippen molar-refractivity contribution in [1.29, 1.82) is 0 Å². The van der Waals surface area contributed by atoms with Crippen molar-refractivity contribution >= 4 is 36.0 Å². The van der Waals surface area contributed by atoms with E-state index in [9.17, 15) is 4.79 Å². The van der Waals surface area contributed by atoms with Crippen molar-refractivity contribution < 1.29 is 0 Å². The van der Waals surface area contributed by atoms with Crippen LogP contribution in [0.5, 0.6) is 0 Å². The van der Waals surface area contributed by atoms with E-state index >= 15 is 0 Å². The van der Waals surface area contributed by atoms with Crippen LogP contribution in [-0.4, -0.2) is 18.3 Å². The van der Waals surface area contributed by atoms with E-state index in [4.69, 9.17) is 11.6 Å². The third kappa shape index (κ3) is 1.85. The Hall–Kier alpha value is -1.28. The molecule has 0 saturated carbocycles. The van der Waals surface area contributed by atoms with Gasteiger partial charge in [0.15, 0.2) is 0 Å². The predicted octanol–water partition coefficient (Wildman–Crippen LogP) is 3.01. The number of halogens is 1. The van der Waals surface area contributed by atoms with Crippen molar-refractivity contribution in [3.8, 4) is 5.69 Å². The Bertz CT molecular complexity index is 788. The molecule has 2 aromatic carbocycles. The van der Waals surface area contributed by atoms with Crippen LogP contribution in [0.4, 0.5) is 0 Å². The van der Waals surface area contributed by atoms with Gasteiger partial charge >= 0.3 is 116 Å². The molecule has 2 nitrogen and oxygen atoms in total. The monoisotopic (exact) mass is 323 g/mol. The first-order valence-corrected chi connectivity index (χ1v) is 7.54. The molecular formula is C14H10ClNOSe. The SMILES string of the molecule is Cc1cc(-n2[se]c3ccccc3c2=O)ccc1Cl. The molecule has 0 amide bonds. The topological polar surface area (TPSA) is 22.0 Å². The molecule has 0 unspecified atom stereocenters. The molecule has 1 heterocycles. The van der Waals surface area contributed by atoms with Crippen LogP contribution in [-0.2, 0) is 0 Å². The van der Waals surface area contributed by atoms with Crippen LogP contribution in [0.1, 0.15) is 5.56 Å². The Balaban J connectivity index is 2.28. The van der Waals surface area contributed by atoms with Gasteiger partial charge in [-0.15, -0.1) is 0 Å². The number of fused-ring (bicyclic) bond motifs is 1. The zero-order valence-corrected chi connectivity index (χ0v) is 12.2. The van der Waals surface area contributed by atoms with Gasteiger partial charge in [0.2, 0.25) is 0 Å². The molecule has 0 radical (unpaired) electrons. The van der Waals surface area contributed by atoms with E-state index in [0.717, 1.165) is 25.9 Å². The first-order valence-electron chi connectivity index (χ1n) is 5.54. The molecule has 3 aromatic rings. The van der Waals surface area contributed by atoms with Gasteiger partial charge in [0.1, 0.15) is 0 Å². The Morgan fingerprint density at radius 1 is 1.17 bits per heavy atom. The van der Waals surface area contributed by atoms with Gasteiger partial charge in [-0.05, 0) is 0 Å². The molecule has 3 rings (SSSR count). The van der Waals surface area contributed by atoms with Gasteiger partial charge in [0, 0.05) is 0 Å². The number of nitrogens with zero attached hydrogens (tertiary/aromatic N) is 1. The molecule has 0 aliphatic heterocycles. The van der Waals surface area contributed by atoms with Crippen LogP contribution in [0.2, 0.25) is 5.02 Å². The van der Waals surface area contributed by atoms with Crippen molar-refractivity contribution in [3.05, 3.63) is 63.4 Å². The summed E-state index contributed by atoms with van der Waals surface area (Å²) in [5.41, 5.74) is 2.01. The molecule has 0 aliphatic carbocycles. The Labute approximate surface area is 115 Å². The molecule has 0 fully saturated rings. The van der Waals surface area contributed by atoms with Crippen LogP contribution >= 0.6 is 11.6 Å². The number of hydrogen-bond donors (Lipinski definition) is 0. The van der Waals surface area contributed by atoms with E-state index in [1.165, 1.54) is 0 Å². The van der Waals surface area contributed by atoms with E-state index in [2.05, 4.69) is 0 Å². The van der Waals surface area contributed by atoms with E-state index in [1.807, 2.05) is 53.0 Å². The molecular weight excluding hydrogens is 313 g/mol. The first kappa shape index (κ1) is 11.8. The summed E-state index contributed by atoms with van der Waals surface area (Å²) in [6.45, 7) is 1.95. The molecule has 1 aromatic heterocycles. The van der Waals surface area contributed by atoms with Crippen LogP contribution < -0.4 is 5.56 Å². The molecule has 90 valence electrons. The fourth-order valence-corrected chi connectivity index (χ4v) is 4.09. The summed E-state index contributed by atoms with van der Waals surface area (Å²) in [4.78, 5) is 12.3. The summed E-state index contributed by atoms with van der Waals surface area (Å²) in [5, 5.41) is 1.56. The molecule has 0 aliphatic rings. The van der Waals surface area contributed by atoms with Crippen LogP contribution in [0, 0.1) is 6.92 Å². The number of rotatable bonds is 1. The normalized spacial score (nSPS) is 11.0. The fraction of sp³-hybridized carbons (Fsp3) is 0.0714. The van der Waals surface area contributed by atoms with E-state index in [1.54, 1.807) is 0 Å². The maximum atomic E-state index is 12.3. The standard InChI is InChI=1S/C14H10ClNOSe/c1-9-8-10(6-7-12(9)15)16-14(17)11-4-2-3-5-13(11)18-16/h2-8H,1H3. The molecule has 0 N–H and O–H groups in total. The van der Waals surface area contributed by atoms with E-state index < -0.39 is 0 Å². The maximum absolute atomic E-state index is 12.3. The molecule has 4 heteroatoms. The second-order valence-electron chi connectivity index (χ2n) is 4.12. The Kier molecular flexibility index (Phi) is 2.90. The van der Waals surface area contributed by atoms with Gasteiger partial charge in [-0.25, -0.2) is 0 Å². The molecule has 0 saturated heterocycles. The number of aromatic nitrogens is 1. The second kappa shape index (κ2) is 4.43. The number of benzene rings is 2. The van der Waals surface area contributed by atoms with Crippen molar-refractivity contribution in [2.24, 2.45) is 0 Å². The first-order chi connectivity index (χ1) is 8.66. The summed E-state index contributed by atoms with van der Waals surface area (Å²) in [6, 6.07) is 13.5. The van der Waals surface area contributed by atoms with Gasteiger partial charge in [-0.1, -0.05) is 0 Å². The summed E-state index contributed by atoms with van der Waals surface area (Å²) in [6.07, 6.45) is 0. The third-order valence-electron chi connectivity index (χ3n) is 2.87. The van der Waals surface area contributed by atoms with Gasteiger partial charge < -0.3 is 0 Å². The predicted molar refractivity (Wildman–Crippen MR) is 76.2 cm³/mol. The van der Waals surface area contributed by atoms with Gasteiger partial charge in [0.25, 0.3) is 0 Å². The van der Waals surface area contributed by atoms with Crippen LogP contribution in [0.3, 0.4) is 0 Å². The zero-order chi connectivity index (χ0) is 12.7. The van der Waals surface area contributed by atoms with Crippen molar-refractivity contribution in [3.63, 3.8) is 0 Å². The summed E-state index contributed by atoms with van der Waals surface area (Å²) in [7, 11) is 0. The summed E-state index contributed by atoms with van der Waals surface area (Å²) in [5.74, 6) is 0. The molecule has 0 atom stereocenters. The Morgan fingerprint density at radius 2 is 1.94 bits per heavy atom. The minimum atomic E-state index is 0.0218. The van der Waals surface area contributed by atoms with Gasteiger partial charge in [-0.2, -0.15) is 0 Å². The third-order valence-corrected chi connectivity index (χ3v) is 5.62. The van der Waals surface area contributed by atoms with Crippen molar-refractivity contribution in [2.45, 2.75) is 6.92 Å². The van der Waals surface area contributed by atoms with Crippen molar-refractivity contribution in [1.82, 2.24) is 3.56 Å². The van der Waals surface area contributed by atoms with Crippen molar-refractivity contribution in [2.75, 3.05) is 0 Å². The Morgan fingerprint density at radius 3 is 2.67 bits per heavy atom. The second-order valence-corrected chi connectivity index (χ2v) is 6.60. The molecule has 0 bridgehead atoms. The zero-order valence-electron chi connectivity index (χ0n) is 9.68. The fourth-order valence-electron chi connectivity index (χ4n) is 1.90. The van der Waals surface area contributed by atoms with E-state index in [-0.39, 0.29) is 20.3 Å². The average Bonchev–Trinajstić information content (AvgIpc) is 2.71. The quantitative estimate of drug-likeness (QED) is 0.631. The van der Waals surface area contributed by atoms with Crippen LogP contribution in [0.25, 0.3) is 15.3 Å². The molecule has 0 spiro atoms. The van der Waals surface area contributed by atoms with E-state index in [0.29, 0.717) is 0 Å². The average molecular weight is 323 g/mol. The van der Waals surface area contributed by atoms with Gasteiger partial charge in [0.05, 0.1) is 0 Å². The summed E-state index contributed by atoms with van der Waals surface area (Å²) < 4.78 is 2.99. The molecule has 18 heavy (non-hydrogen) atoms. The minimum absolute atomic E-state index is 0.0218. The number of aryl methyl sites for hydroxylation is 1. The summed E-state index contributed by atoms with van der Waals surface area (Å²) >= 11 is 6.04. The van der Waals surface area contributed by atoms with Crippen LogP contribution in [0.15, 0.2) is 47.3 Å². The number of hydrogen-bond acceptors (Lipinski definition) is 1. The van der Waals surface area contributed by atoms with Gasteiger partial charge in [-0.3, -0.25) is 0 Å².